The molecule has 4 heteroatoms. The van der Waals surface area contributed by atoms with Gasteiger partial charge in [0.05, 0.1) is 12.3 Å². The van der Waals surface area contributed by atoms with Crippen LogP contribution in [0.4, 0.5) is 5.69 Å². The molecular formula is C20H30N2O2. The number of benzene rings is 1. The normalized spacial score (nSPS) is 31.2. The summed E-state index contributed by atoms with van der Waals surface area (Å²) in [6.45, 7) is 5.26. The van der Waals surface area contributed by atoms with Crippen molar-refractivity contribution >= 4 is 5.69 Å². The van der Waals surface area contributed by atoms with Crippen LogP contribution in [0.5, 0.6) is 5.75 Å². The zero-order chi connectivity index (χ0) is 16.6. The molecule has 0 radical (unpaired) electrons. The van der Waals surface area contributed by atoms with Crippen LogP contribution in [0.3, 0.4) is 0 Å². The second kappa shape index (κ2) is 6.57. The number of phenolic OH excluding ortho intramolecular Hbond substituents is 1. The molecule has 132 valence electrons. The molecule has 24 heavy (non-hydrogen) atoms. The summed E-state index contributed by atoms with van der Waals surface area (Å²) in [6.07, 6.45) is 7.65. The van der Waals surface area contributed by atoms with Gasteiger partial charge in [-0.3, -0.25) is 0 Å². The summed E-state index contributed by atoms with van der Waals surface area (Å²) < 4.78 is 5.38. The zero-order valence-corrected chi connectivity index (χ0v) is 14.7. The highest BCUT2D eigenvalue weighted by Gasteiger charge is 2.51. The average molecular weight is 330 g/mol. The molecule has 0 amide bonds. The molecule has 4 nitrogen and oxygen atoms in total. The number of phenols is 1. The Bertz CT molecular complexity index is 600. The Balaban J connectivity index is 1.64. The maximum atomic E-state index is 10.6. The van der Waals surface area contributed by atoms with Gasteiger partial charge in [0.2, 0.25) is 0 Å². The molecule has 0 unspecified atom stereocenters. The van der Waals surface area contributed by atoms with Gasteiger partial charge in [0.15, 0.2) is 0 Å². The Morgan fingerprint density at radius 3 is 3.12 bits per heavy atom. The largest absolute Gasteiger partial charge is 0.506 e. The lowest BCUT2D eigenvalue weighted by Crippen LogP contribution is -2.59. The molecule has 2 bridgehead atoms. The molecule has 0 spiro atoms. The first-order valence-corrected chi connectivity index (χ1v) is 9.66. The molecule has 3 N–H and O–H groups in total. The van der Waals surface area contributed by atoms with Crippen molar-refractivity contribution in [1.82, 2.24) is 5.32 Å². The molecular weight excluding hydrogens is 300 g/mol. The van der Waals surface area contributed by atoms with Crippen LogP contribution in [0.2, 0.25) is 0 Å². The van der Waals surface area contributed by atoms with Crippen molar-refractivity contribution in [2.24, 2.45) is 5.92 Å². The van der Waals surface area contributed by atoms with Crippen LogP contribution in [0, 0.1) is 5.92 Å². The molecule has 2 fully saturated rings. The third-order valence-electron chi connectivity index (χ3n) is 6.52. The minimum atomic E-state index is 0.309. The van der Waals surface area contributed by atoms with E-state index in [0.29, 0.717) is 23.8 Å². The van der Waals surface area contributed by atoms with E-state index in [1.807, 2.05) is 6.92 Å². The quantitative estimate of drug-likeness (QED) is 0.573. The van der Waals surface area contributed by atoms with E-state index in [0.717, 1.165) is 37.7 Å². The smallest absolute Gasteiger partial charge is 0.138 e. The predicted octanol–water partition coefficient (Wildman–Crippen LogP) is 3.19. The number of anilines is 1. The van der Waals surface area contributed by atoms with E-state index in [1.165, 1.54) is 43.2 Å². The number of nitrogens with one attached hydrogen (secondary N) is 2. The maximum absolute atomic E-state index is 10.6. The van der Waals surface area contributed by atoms with Gasteiger partial charge in [0.1, 0.15) is 5.75 Å². The minimum Gasteiger partial charge on any atom is -0.506 e. The van der Waals surface area contributed by atoms with Crippen LogP contribution in [-0.4, -0.2) is 37.5 Å². The first kappa shape index (κ1) is 16.2. The van der Waals surface area contributed by atoms with E-state index in [9.17, 15) is 5.11 Å². The molecule has 1 aromatic rings. The summed E-state index contributed by atoms with van der Waals surface area (Å²) in [7, 11) is 0. The van der Waals surface area contributed by atoms with Crippen molar-refractivity contribution in [3.63, 3.8) is 0 Å². The predicted molar refractivity (Wildman–Crippen MR) is 96.8 cm³/mol. The molecule has 2 aliphatic carbocycles. The van der Waals surface area contributed by atoms with Crippen molar-refractivity contribution in [3.05, 3.63) is 23.3 Å². The molecule has 1 saturated heterocycles. The highest BCUT2D eigenvalue weighted by atomic mass is 16.5. The molecule has 0 aromatic heterocycles. The second-order valence-electron chi connectivity index (χ2n) is 7.67. The van der Waals surface area contributed by atoms with Crippen LogP contribution in [0.1, 0.15) is 50.2 Å². The fraction of sp³-hybridized carbons (Fsp3) is 0.700. The van der Waals surface area contributed by atoms with E-state index in [1.54, 1.807) is 0 Å². The van der Waals surface area contributed by atoms with Crippen molar-refractivity contribution in [3.8, 4) is 5.75 Å². The lowest BCUT2D eigenvalue weighted by atomic mass is 9.53. The summed E-state index contributed by atoms with van der Waals surface area (Å²) in [5, 5.41) is 17.7. The van der Waals surface area contributed by atoms with E-state index in [2.05, 4.69) is 22.8 Å². The summed E-state index contributed by atoms with van der Waals surface area (Å²) in [5.41, 5.74) is 4.04. The third kappa shape index (κ3) is 2.60. The van der Waals surface area contributed by atoms with Crippen LogP contribution in [-0.2, 0) is 16.6 Å². The van der Waals surface area contributed by atoms with Gasteiger partial charge in [0, 0.05) is 24.6 Å². The van der Waals surface area contributed by atoms with Crippen LogP contribution >= 0.6 is 0 Å². The Morgan fingerprint density at radius 1 is 1.33 bits per heavy atom. The highest BCUT2D eigenvalue weighted by molar-refractivity contribution is 5.62. The van der Waals surface area contributed by atoms with E-state index in [4.69, 9.17) is 4.74 Å². The van der Waals surface area contributed by atoms with E-state index in [-0.39, 0.29) is 0 Å². The summed E-state index contributed by atoms with van der Waals surface area (Å²) >= 11 is 0. The number of fused-ring (bicyclic) bond motifs is 1. The Hall–Kier alpha value is -1.26. The highest BCUT2D eigenvalue weighted by Crippen LogP contribution is 2.55. The molecule has 4 rings (SSSR count). The van der Waals surface area contributed by atoms with Crippen molar-refractivity contribution in [2.75, 3.05) is 31.6 Å². The SMILES string of the molecule is CCOCCNc1cc2c(cc1O)[C@@]13CCCC[C@H]1[C@@H](C2)NCC3. The summed E-state index contributed by atoms with van der Waals surface area (Å²) in [5.74, 6) is 1.16. The summed E-state index contributed by atoms with van der Waals surface area (Å²) in [4.78, 5) is 0. The fourth-order valence-electron chi connectivity index (χ4n) is 5.52. The van der Waals surface area contributed by atoms with Gasteiger partial charge in [-0.05, 0) is 68.3 Å². The Labute approximate surface area is 145 Å². The van der Waals surface area contributed by atoms with Gasteiger partial charge in [-0.25, -0.2) is 0 Å². The molecule has 1 aliphatic heterocycles. The van der Waals surface area contributed by atoms with Crippen LogP contribution in [0.15, 0.2) is 12.1 Å². The number of rotatable bonds is 5. The number of aromatic hydroxyl groups is 1. The van der Waals surface area contributed by atoms with E-state index >= 15 is 0 Å². The topological polar surface area (TPSA) is 53.5 Å². The number of hydrogen-bond acceptors (Lipinski definition) is 4. The number of hydrogen-bond donors (Lipinski definition) is 3. The fourth-order valence-corrected chi connectivity index (χ4v) is 5.52. The van der Waals surface area contributed by atoms with Gasteiger partial charge < -0.3 is 20.5 Å². The standard InChI is InChI=1S/C20H30N2O2/c1-2-24-10-9-22-18-12-14-11-17-15-5-3-4-6-20(15,7-8-21-17)16(14)13-19(18)23/h12-13,15,17,21-23H,2-11H2,1H3/t15-,17+,20+/m0/s1. The van der Waals surface area contributed by atoms with Crippen LogP contribution < -0.4 is 10.6 Å². The monoisotopic (exact) mass is 330 g/mol. The lowest BCUT2D eigenvalue weighted by Gasteiger charge is -2.56. The third-order valence-corrected chi connectivity index (χ3v) is 6.52. The molecule has 3 atom stereocenters. The Kier molecular flexibility index (Phi) is 4.44. The number of piperidine rings is 1. The van der Waals surface area contributed by atoms with Crippen molar-refractivity contribution in [1.29, 1.82) is 0 Å². The summed E-state index contributed by atoms with van der Waals surface area (Å²) in [6, 6.07) is 4.90. The Morgan fingerprint density at radius 2 is 2.25 bits per heavy atom. The minimum absolute atomic E-state index is 0.309. The van der Waals surface area contributed by atoms with Gasteiger partial charge >= 0.3 is 0 Å². The zero-order valence-electron chi connectivity index (χ0n) is 14.7. The van der Waals surface area contributed by atoms with Crippen molar-refractivity contribution in [2.45, 2.75) is 56.9 Å². The first-order chi connectivity index (χ1) is 11.7. The molecule has 3 aliphatic rings. The van der Waals surface area contributed by atoms with Gasteiger partial charge in [-0.15, -0.1) is 0 Å². The van der Waals surface area contributed by atoms with Gasteiger partial charge in [0.25, 0.3) is 0 Å². The molecule has 1 saturated carbocycles. The van der Waals surface area contributed by atoms with Gasteiger partial charge in [-0.2, -0.15) is 0 Å². The van der Waals surface area contributed by atoms with Gasteiger partial charge in [-0.1, -0.05) is 12.8 Å². The van der Waals surface area contributed by atoms with E-state index < -0.39 is 0 Å². The molecule has 1 heterocycles. The first-order valence-electron chi connectivity index (χ1n) is 9.66. The molecule has 1 aromatic carbocycles. The maximum Gasteiger partial charge on any atom is 0.138 e. The second-order valence-corrected chi connectivity index (χ2v) is 7.67. The average Bonchev–Trinajstić information content (AvgIpc) is 2.60. The van der Waals surface area contributed by atoms with Crippen LogP contribution in [0.25, 0.3) is 0 Å². The van der Waals surface area contributed by atoms with Crippen molar-refractivity contribution < 1.29 is 9.84 Å². The lowest BCUT2D eigenvalue weighted by molar-refractivity contribution is 0.0796. The number of ether oxygens (including phenoxy) is 1.